The Labute approximate surface area is 243 Å². The van der Waals surface area contributed by atoms with Crippen molar-refractivity contribution < 1.29 is 0 Å². The van der Waals surface area contributed by atoms with Gasteiger partial charge in [-0.3, -0.25) is 0 Å². The molecule has 4 aromatic rings. The highest BCUT2D eigenvalue weighted by atomic mass is 32.1. The molecule has 0 saturated heterocycles. The molecule has 0 aliphatic heterocycles. The van der Waals surface area contributed by atoms with Crippen LogP contribution in [-0.4, -0.2) is 5.54 Å². The van der Waals surface area contributed by atoms with Crippen molar-refractivity contribution in [3.05, 3.63) is 118 Å². The summed E-state index contributed by atoms with van der Waals surface area (Å²) in [6, 6.07) is 22.0. The molecule has 2 aromatic carbocycles. The Balaban J connectivity index is 1.60. The molecule has 0 unspecified atom stereocenters. The minimum absolute atomic E-state index is 0.0211. The molecule has 39 heavy (non-hydrogen) atoms. The van der Waals surface area contributed by atoms with Gasteiger partial charge < -0.3 is 9.80 Å². The molecule has 0 fully saturated rings. The smallest absolute Gasteiger partial charge is 0.0568 e. The van der Waals surface area contributed by atoms with Gasteiger partial charge in [0.2, 0.25) is 0 Å². The summed E-state index contributed by atoms with van der Waals surface area (Å²) in [7, 11) is 0. The lowest BCUT2D eigenvalue weighted by molar-refractivity contribution is 0.516. The van der Waals surface area contributed by atoms with E-state index in [0.717, 1.165) is 17.1 Å². The van der Waals surface area contributed by atoms with E-state index in [9.17, 15) is 0 Å². The Hall–Kier alpha value is -3.34. The van der Waals surface area contributed by atoms with E-state index in [1.165, 1.54) is 28.1 Å². The number of nitrogens with zero attached hydrogens (tertiary/aromatic N) is 2. The van der Waals surface area contributed by atoms with Crippen LogP contribution >= 0.6 is 22.7 Å². The zero-order chi connectivity index (χ0) is 28.2. The van der Waals surface area contributed by atoms with Gasteiger partial charge in [0.05, 0.1) is 11.4 Å². The molecule has 0 N–H and O–H groups in total. The molecule has 0 aliphatic rings. The number of anilines is 4. The van der Waals surface area contributed by atoms with Gasteiger partial charge in [-0.05, 0) is 103 Å². The molecule has 0 spiro atoms. The van der Waals surface area contributed by atoms with Crippen LogP contribution < -0.4 is 9.80 Å². The highest BCUT2D eigenvalue weighted by molar-refractivity contribution is 7.08. The van der Waals surface area contributed by atoms with Crippen LogP contribution in [0.2, 0.25) is 0 Å². The second-order valence-electron chi connectivity index (χ2n) is 11.7. The Kier molecular flexibility index (Phi) is 8.68. The van der Waals surface area contributed by atoms with E-state index in [1.54, 1.807) is 22.7 Å². The quantitative estimate of drug-likeness (QED) is 0.201. The van der Waals surface area contributed by atoms with E-state index < -0.39 is 0 Å². The molecule has 0 radical (unpaired) electrons. The molecule has 202 valence electrons. The SMILES string of the molecule is C=C(/C=C\C(=C/C)C(C)(C)C)N(c1ccc(-c2ccc(N(c3ccsc3)C(C)(C)C)cc2)cc1)c1ccsc1. The Bertz CT molecular complexity index is 1410. The summed E-state index contributed by atoms with van der Waals surface area (Å²) in [6.07, 6.45) is 6.49. The average Bonchev–Trinajstić information content (AvgIpc) is 3.59. The number of allylic oxidation sites excluding steroid dienone is 4. The maximum absolute atomic E-state index is 4.44. The molecule has 2 nitrogen and oxygen atoms in total. The topological polar surface area (TPSA) is 6.48 Å². The van der Waals surface area contributed by atoms with E-state index in [-0.39, 0.29) is 11.0 Å². The summed E-state index contributed by atoms with van der Waals surface area (Å²) in [5.41, 5.74) is 9.34. The van der Waals surface area contributed by atoms with Gasteiger partial charge in [0.25, 0.3) is 0 Å². The predicted octanol–water partition coefficient (Wildman–Crippen LogP) is 11.6. The van der Waals surface area contributed by atoms with E-state index in [2.05, 4.69) is 165 Å². The molecule has 4 rings (SSSR count). The van der Waals surface area contributed by atoms with Crippen molar-refractivity contribution in [2.75, 3.05) is 9.80 Å². The fourth-order valence-corrected chi connectivity index (χ4v) is 6.06. The molecule has 2 heterocycles. The zero-order valence-electron chi connectivity index (χ0n) is 24.2. The fourth-order valence-electron chi connectivity index (χ4n) is 4.82. The van der Waals surface area contributed by atoms with Crippen LogP contribution in [0, 0.1) is 5.41 Å². The first-order valence-electron chi connectivity index (χ1n) is 13.4. The van der Waals surface area contributed by atoms with E-state index in [1.807, 2.05) is 0 Å². The summed E-state index contributed by atoms with van der Waals surface area (Å²) in [5.74, 6) is 0. The maximum Gasteiger partial charge on any atom is 0.0568 e. The van der Waals surface area contributed by atoms with Gasteiger partial charge in [0.1, 0.15) is 0 Å². The standard InChI is InChI=1S/C35H40N2S2/c1-9-29(34(3,4)5)15-10-26(2)36(32-20-22-38-24-32)30-16-11-27(12-17-30)28-13-18-31(19-14-28)37(35(6,7)8)33-21-23-39-25-33/h9-25H,2H2,1,3-8H3/b15-10-,29-9+. The van der Waals surface area contributed by atoms with Crippen molar-refractivity contribution in [3.63, 3.8) is 0 Å². The van der Waals surface area contributed by atoms with Gasteiger partial charge in [0.15, 0.2) is 0 Å². The summed E-state index contributed by atoms with van der Waals surface area (Å²) >= 11 is 3.43. The van der Waals surface area contributed by atoms with E-state index >= 15 is 0 Å². The first-order chi connectivity index (χ1) is 18.5. The third-order valence-corrected chi connectivity index (χ3v) is 8.04. The van der Waals surface area contributed by atoms with Crippen LogP contribution in [0.5, 0.6) is 0 Å². The molecular weight excluding hydrogens is 513 g/mol. The predicted molar refractivity (Wildman–Crippen MR) is 176 cm³/mol. The van der Waals surface area contributed by atoms with Crippen LogP contribution in [0.3, 0.4) is 0 Å². The van der Waals surface area contributed by atoms with Crippen LogP contribution in [0.4, 0.5) is 22.7 Å². The highest BCUT2D eigenvalue weighted by Crippen LogP contribution is 2.37. The van der Waals surface area contributed by atoms with Crippen molar-refractivity contribution in [3.8, 4) is 11.1 Å². The van der Waals surface area contributed by atoms with Gasteiger partial charge in [0, 0.05) is 33.4 Å². The number of hydrogen-bond donors (Lipinski definition) is 0. The number of thiophene rings is 2. The molecule has 0 atom stereocenters. The van der Waals surface area contributed by atoms with Gasteiger partial charge in [-0.2, -0.15) is 22.7 Å². The molecule has 4 heteroatoms. The lowest BCUT2D eigenvalue weighted by Gasteiger charge is -2.37. The van der Waals surface area contributed by atoms with Gasteiger partial charge in [-0.1, -0.05) is 63.8 Å². The number of hydrogen-bond acceptors (Lipinski definition) is 4. The highest BCUT2D eigenvalue weighted by Gasteiger charge is 2.24. The second-order valence-corrected chi connectivity index (χ2v) is 13.3. The molecule has 0 amide bonds. The largest absolute Gasteiger partial charge is 0.335 e. The Morgan fingerprint density at radius 1 is 0.667 bits per heavy atom. The van der Waals surface area contributed by atoms with Gasteiger partial charge >= 0.3 is 0 Å². The third kappa shape index (κ3) is 6.81. The lowest BCUT2D eigenvalue weighted by atomic mass is 9.86. The van der Waals surface area contributed by atoms with Crippen molar-refractivity contribution >= 4 is 45.4 Å². The van der Waals surface area contributed by atoms with Gasteiger partial charge in [-0.25, -0.2) is 0 Å². The van der Waals surface area contributed by atoms with Crippen molar-refractivity contribution in [1.82, 2.24) is 0 Å². The third-order valence-electron chi connectivity index (χ3n) is 6.70. The Morgan fingerprint density at radius 2 is 1.18 bits per heavy atom. The van der Waals surface area contributed by atoms with Crippen LogP contribution in [0.1, 0.15) is 48.5 Å². The van der Waals surface area contributed by atoms with Gasteiger partial charge in [-0.15, -0.1) is 0 Å². The van der Waals surface area contributed by atoms with E-state index in [0.29, 0.717) is 0 Å². The summed E-state index contributed by atoms with van der Waals surface area (Å²) in [4.78, 5) is 4.62. The lowest BCUT2D eigenvalue weighted by Crippen LogP contribution is -2.37. The number of rotatable bonds is 8. The van der Waals surface area contributed by atoms with Crippen molar-refractivity contribution in [2.24, 2.45) is 5.41 Å². The first kappa shape index (κ1) is 28.7. The average molecular weight is 553 g/mol. The Morgan fingerprint density at radius 3 is 1.62 bits per heavy atom. The normalized spacial score (nSPS) is 12.6. The first-order valence-corrected chi connectivity index (χ1v) is 15.3. The molecule has 0 saturated carbocycles. The van der Waals surface area contributed by atoms with E-state index in [4.69, 9.17) is 0 Å². The van der Waals surface area contributed by atoms with Crippen molar-refractivity contribution in [2.45, 2.75) is 54.0 Å². The molecule has 0 bridgehead atoms. The summed E-state index contributed by atoms with van der Waals surface area (Å²) < 4.78 is 0. The molecular formula is C35H40N2S2. The summed E-state index contributed by atoms with van der Waals surface area (Å²) in [6.45, 7) is 20.0. The second kappa shape index (κ2) is 11.8. The summed E-state index contributed by atoms with van der Waals surface area (Å²) in [5, 5.41) is 8.62. The fraction of sp³-hybridized carbons (Fsp3) is 0.257. The van der Waals surface area contributed by atoms with Crippen LogP contribution in [0.15, 0.2) is 118 Å². The van der Waals surface area contributed by atoms with Crippen molar-refractivity contribution in [1.29, 1.82) is 0 Å². The minimum Gasteiger partial charge on any atom is -0.335 e. The number of benzene rings is 2. The maximum atomic E-state index is 4.44. The van der Waals surface area contributed by atoms with Crippen LogP contribution in [0.25, 0.3) is 11.1 Å². The zero-order valence-corrected chi connectivity index (χ0v) is 25.9. The minimum atomic E-state index is -0.0211. The molecule has 2 aromatic heterocycles. The molecule has 0 aliphatic carbocycles. The van der Waals surface area contributed by atoms with Crippen LogP contribution in [-0.2, 0) is 0 Å². The monoisotopic (exact) mass is 552 g/mol.